The number of carbonyl (C=O) groups excluding carboxylic acids is 1. The zero-order valence-electron chi connectivity index (χ0n) is 13.0. The van der Waals surface area contributed by atoms with Crippen LogP contribution in [0.15, 0.2) is 24.3 Å². The van der Waals surface area contributed by atoms with Crippen molar-refractivity contribution < 1.29 is 19.8 Å². The Morgan fingerprint density at radius 1 is 1.29 bits per heavy atom. The number of carbonyl (C=O) groups is 2. The number of carboxylic acid groups (broad SMARTS) is 1. The van der Waals surface area contributed by atoms with Crippen LogP contribution in [0.4, 0.5) is 0 Å². The monoisotopic (exact) mass is 293 g/mol. The van der Waals surface area contributed by atoms with Gasteiger partial charge in [0, 0.05) is 25.6 Å². The highest BCUT2D eigenvalue weighted by atomic mass is 16.4. The SMILES string of the molecule is CC(C)C(C)(CC(=O)N(C)Cc1ccccc1O)C(=O)O. The van der Waals surface area contributed by atoms with Gasteiger partial charge in [0.15, 0.2) is 0 Å². The molecule has 0 aromatic heterocycles. The number of aromatic hydroxyl groups is 1. The fourth-order valence-electron chi connectivity index (χ4n) is 1.96. The van der Waals surface area contributed by atoms with E-state index < -0.39 is 11.4 Å². The topological polar surface area (TPSA) is 77.8 Å². The molecule has 1 amide bonds. The minimum absolute atomic E-state index is 0.0654. The Morgan fingerprint density at radius 2 is 1.86 bits per heavy atom. The summed E-state index contributed by atoms with van der Waals surface area (Å²) in [6.07, 6.45) is -0.0654. The number of aliphatic carboxylic acids is 1. The number of rotatable bonds is 6. The summed E-state index contributed by atoms with van der Waals surface area (Å²) in [6, 6.07) is 6.78. The van der Waals surface area contributed by atoms with Crippen LogP contribution in [-0.2, 0) is 16.1 Å². The molecule has 0 aliphatic heterocycles. The highest BCUT2D eigenvalue weighted by Gasteiger charge is 2.39. The van der Waals surface area contributed by atoms with E-state index in [1.54, 1.807) is 52.1 Å². The second-order valence-corrected chi connectivity index (χ2v) is 5.93. The van der Waals surface area contributed by atoms with Crippen LogP contribution >= 0.6 is 0 Å². The number of amides is 1. The largest absolute Gasteiger partial charge is 0.508 e. The van der Waals surface area contributed by atoms with Crippen LogP contribution in [0, 0.1) is 11.3 Å². The second-order valence-electron chi connectivity index (χ2n) is 5.93. The number of phenols is 1. The van der Waals surface area contributed by atoms with Gasteiger partial charge in [0.1, 0.15) is 5.75 Å². The Morgan fingerprint density at radius 3 is 2.33 bits per heavy atom. The van der Waals surface area contributed by atoms with Crippen molar-refractivity contribution in [1.29, 1.82) is 0 Å². The summed E-state index contributed by atoms with van der Waals surface area (Å²) >= 11 is 0. The number of carboxylic acids is 1. The molecule has 5 nitrogen and oxygen atoms in total. The van der Waals surface area contributed by atoms with Crippen LogP contribution in [0.1, 0.15) is 32.8 Å². The van der Waals surface area contributed by atoms with E-state index in [0.29, 0.717) is 5.56 Å². The lowest BCUT2D eigenvalue weighted by molar-refractivity contribution is -0.155. The van der Waals surface area contributed by atoms with Crippen LogP contribution in [0.25, 0.3) is 0 Å². The van der Waals surface area contributed by atoms with E-state index in [0.717, 1.165) is 0 Å². The summed E-state index contributed by atoms with van der Waals surface area (Å²) in [5, 5.41) is 19.1. The molecule has 1 rings (SSSR count). The quantitative estimate of drug-likeness (QED) is 0.844. The molecule has 0 aliphatic rings. The third-order valence-corrected chi connectivity index (χ3v) is 4.11. The lowest BCUT2D eigenvalue weighted by Crippen LogP contribution is -2.39. The molecule has 116 valence electrons. The minimum atomic E-state index is -1.09. The van der Waals surface area contributed by atoms with Gasteiger partial charge in [-0.1, -0.05) is 32.0 Å². The Hall–Kier alpha value is -2.04. The Labute approximate surface area is 125 Å². The van der Waals surface area contributed by atoms with Crippen LogP contribution in [-0.4, -0.2) is 34.0 Å². The van der Waals surface area contributed by atoms with Crippen molar-refractivity contribution in [3.05, 3.63) is 29.8 Å². The van der Waals surface area contributed by atoms with Gasteiger partial charge in [0.2, 0.25) is 5.91 Å². The van der Waals surface area contributed by atoms with Gasteiger partial charge in [0.05, 0.1) is 5.41 Å². The van der Waals surface area contributed by atoms with Gasteiger partial charge in [-0.2, -0.15) is 0 Å². The van der Waals surface area contributed by atoms with Crippen molar-refractivity contribution in [3.8, 4) is 5.75 Å². The van der Waals surface area contributed by atoms with Crippen molar-refractivity contribution in [2.45, 2.75) is 33.7 Å². The van der Waals surface area contributed by atoms with E-state index in [1.807, 2.05) is 0 Å². The lowest BCUT2D eigenvalue weighted by Gasteiger charge is -2.30. The Bertz CT molecular complexity index is 527. The highest BCUT2D eigenvalue weighted by molar-refractivity contribution is 5.84. The van der Waals surface area contributed by atoms with Crippen molar-refractivity contribution in [2.24, 2.45) is 11.3 Å². The van der Waals surface area contributed by atoms with Crippen molar-refractivity contribution in [3.63, 3.8) is 0 Å². The molecule has 1 atom stereocenters. The zero-order valence-corrected chi connectivity index (χ0v) is 13.0. The summed E-state index contributed by atoms with van der Waals surface area (Å²) in [4.78, 5) is 25.1. The first-order valence-corrected chi connectivity index (χ1v) is 6.92. The zero-order chi connectivity index (χ0) is 16.2. The first-order chi connectivity index (χ1) is 9.68. The summed E-state index contributed by atoms with van der Waals surface area (Å²) < 4.78 is 0. The minimum Gasteiger partial charge on any atom is -0.508 e. The first kappa shape index (κ1) is 17.0. The molecular formula is C16H23NO4. The molecule has 1 aromatic rings. The number of hydrogen-bond donors (Lipinski definition) is 2. The molecule has 0 fully saturated rings. The number of hydrogen-bond acceptors (Lipinski definition) is 3. The van der Waals surface area contributed by atoms with Gasteiger partial charge < -0.3 is 15.1 Å². The van der Waals surface area contributed by atoms with Crippen LogP contribution in [0.5, 0.6) is 5.75 Å². The summed E-state index contributed by atoms with van der Waals surface area (Å²) in [5.74, 6) is -1.25. The molecule has 0 heterocycles. The maximum atomic E-state index is 12.3. The maximum Gasteiger partial charge on any atom is 0.310 e. The van der Waals surface area contributed by atoms with E-state index in [1.165, 1.54) is 4.90 Å². The molecule has 0 spiro atoms. The molecule has 0 radical (unpaired) electrons. The third kappa shape index (κ3) is 3.97. The van der Waals surface area contributed by atoms with Gasteiger partial charge in [-0.05, 0) is 18.9 Å². The van der Waals surface area contributed by atoms with Gasteiger partial charge in [-0.15, -0.1) is 0 Å². The van der Waals surface area contributed by atoms with Crippen molar-refractivity contribution in [2.75, 3.05) is 7.05 Å². The molecule has 5 heteroatoms. The van der Waals surface area contributed by atoms with Crippen LogP contribution in [0.3, 0.4) is 0 Å². The number of nitrogens with zero attached hydrogens (tertiary/aromatic N) is 1. The van der Waals surface area contributed by atoms with Crippen molar-refractivity contribution in [1.82, 2.24) is 4.90 Å². The lowest BCUT2D eigenvalue weighted by atomic mass is 9.76. The molecule has 1 aromatic carbocycles. The summed E-state index contributed by atoms with van der Waals surface area (Å²) in [7, 11) is 1.61. The number of phenolic OH excluding ortho intramolecular Hbond substituents is 1. The summed E-state index contributed by atoms with van der Waals surface area (Å²) in [6.45, 7) is 5.43. The average molecular weight is 293 g/mol. The number of para-hydroxylation sites is 1. The molecule has 0 saturated carbocycles. The van der Waals surface area contributed by atoms with Crippen LogP contribution < -0.4 is 0 Å². The number of benzene rings is 1. The molecule has 21 heavy (non-hydrogen) atoms. The van der Waals surface area contributed by atoms with Crippen molar-refractivity contribution >= 4 is 11.9 Å². The van der Waals surface area contributed by atoms with Gasteiger partial charge in [-0.25, -0.2) is 0 Å². The maximum absolute atomic E-state index is 12.3. The van der Waals surface area contributed by atoms with E-state index in [4.69, 9.17) is 0 Å². The van der Waals surface area contributed by atoms with Gasteiger partial charge in [-0.3, -0.25) is 9.59 Å². The standard InChI is InChI=1S/C16H23NO4/c1-11(2)16(3,15(20)21)9-14(19)17(4)10-12-7-5-6-8-13(12)18/h5-8,11,18H,9-10H2,1-4H3,(H,20,21). The molecule has 1 unspecified atom stereocenters. The normalized spacial score (nSPS) is 13.8. The molecule has 2 N–H and O–H groups in total. The van der Waals surface area contributed by atoms with Gasteiger partial charge in [0.25, 0.3) is 0 Å². The third-order valence-electron chi connectivity index (χ3n) is 4.11. The van der Waals surface area contributed by atoms with E-state index in [-0.39, 0.29) is 30.5 Å². The van der Waals surface area contributed by atoms with E-state index >= 15 is 0 Å². The first-order valence-electron chi connectivity index (χ1n) is 6.92. The summed E-state index contributed by atoms with van der Waals surface area (Å²) in [5.41, 5.74) is -0.459. The molecule has 0 aliphatic carbocycles. The fraction of sp³-hybridized carbons (Fsp3) is 0.500. The predicted octanol–water partition coefficient (Wildman–Crippen LogP) is 2.49. The molecule has 0 saturated heterocycles. The molecular weight excluding hydrogens is 270 g/mol. The van der Waals surface area contributed by atoms with Crippen LogP contribution in [0.2, 0.25) is 0 Å². The Balaban J connectivity index is 2.80. The van der Waals surface area contributed by atoms with E-state index in [2.05, 4.69) is 0 Å². The van der Waals surface area contributed by atoms with E-state index in [9.17, 15) is 19.8 Å². The second kappa shape index (κ2) is 6.61. The smallest absolute Gasteiger partial charge is 0.310 e. The average Bonchev–Trinajstić information content (AvgIpc) is 2.40. The molecule has 0 bridgehead atoms. The predicted molar refractivity (Wildman–Crippen MR) is 79.8 cm³/mol. The Kier molecular flexibility index (Phi) is 5.35. The van der Waals surface area contributed by atoms with Gasteiger partial charge >= 0.3 is 5.97 Å². The fourth-order valence-corrected chi connectivity index (χ4v) is 1.96. The highest BCUT2D eigenvalue weighted by Crippen LogP contribution is 2.32.